The molecule has 0 unspecified atom stereocenters. The van der Waals surface area contributed by atoms with Crippen molar-refractivity contribution in [1.29, 1.82) is 0 Å². The van der Waals surface area contributed by atoms with Crippen molar-refractivity contribution in [3.63, 3.8) is 0 Å². The van der Waals surface area contributed by atoms with Gasteiger partial charge in [0.1, 0.15) is 11.6 Å². The molecular formula is C22H34MgO8. The molecule has 8 nitrogen and oxygen atoms in total. The molecule has 0 amide bonds. The van der Waals surface area contributed by atoms with E-state index in [9.17, 15) is 39.0 Å². The minimum absolute atomic E-state index is 0. The summed E-state index contributed by atoms with van der Waals surface area (Å²) in [6.45, 7) is 15.1. The van der Waals surface area contributed by atoms with Crippen LogP contribution in [0.25, 0.3) is 0 Å². The summed E-state index contributed by atoms with van der Waals surface area (Å²) in [4.78, 5) is 67.4. The van der Waals surface area contributed by atoms with Crippen molar-refractivity contribution in [2.45, 2.75) is 82.1 Å². The molecule has 0 N–H and O–H groups in total. The minimum atomic E-state index is -1.60. The second kappa shape index (κ2) is 11.9. The van der Waals surface area contributed by atoms with Gasteiger partial charge in [-0.15, -0.1) is 0 Å². The molecule has 0 bridgehead atoms. The van der Waals surface area contributed by atoms with Crippen LogP contribution in [-0.4, -0.2) is 58.1 Å². The van der Waals surface area contributed by atoms with E-state index in [-0.39, 0.29) is 47.5 Å². The van der Waals surface area contributed by atoms with E-state index in [1.54, 1.807) is 41.5 Å². The number of ketones is 4. The van der Waals surface area contributed by atoms with Crippen LogP contribution in [0.3, 0.4) is 0 Å². The second-order valence-corrected chi connectivity index (χ2v) is 10.4. The summed E-state index contributed by atoms with van der Waals surface area (Å²) in [7, 11) is 0. The van der Waals surface area contributed by atoms with Gasteiger partial charge in [0, 0.05) is 10.8 Å². The Morgan fingerprint density at radius 1 is 0.484 bits per heavy atom. The largest absolute Gasteiger partial charge is 2.00 e. The van der Waals surface area contributed by atoms with Crippen molar-refractivity contribution in [3.05, 3.63) is 0 Å². The molecule has 9 heteroatoms. The van der Waals surface area contributed by atoms with Crippen molar-refractivity contribution < 1.29 is 39.0 Å². The van der Waals surface area contributed by atoms with E-state index in [2.05, 4.69) is 0 Å². The predicted octanol–water partition coefficient (Wildman–Crippen LogP) is 0.293. The van der Waals surface area contributed by atoms with Crippen molar-refractivity contribution in [1.82, 2.24) is 0 Å². The van der Waals surface area contributed by atoms with Gasteiger partial charge in [0.25, 0.3) is 0 Å². The molecule has 0 atom stereocenters. The van der Waals surface area contributed by atoms with Crippen LogP contribution in [0.1, 0.15) is 82.1 Å². The SMILES string of the molecule is CC(C)(C)C(=O)CC(=O)C(C)(C)C(=O)[O-].CC(C)(C)C(=O)CC(=O)C(C)(C)C(=O)[O-].[Mg+2]. The third-order valence-corrected chi connectivity index (χ3v) is 4.73. The average Bonchev–Trinajstić information content (AvgIpc) is 2.52. The second-order valence-electron chi connectivity index (χ2n) is 10.4. The summed E-state index contributed by atoms with van der Waals surface area (Å²) >= 11 is 0. The monoisotopic (exact) mass is 450 g/mol. The van der Waals surface area contributed by atoms with E-state index in [1.807, 2.05) is 0 Å². The first-order valence-electron chi connectivity index (χ1n) is 9.55. The van der Waals surface area contributed by atoms with Gasteiger partial charge < -0.3 is 19.8 Å². The molecular weight excluding hydrogens is 417 g/mol. The standard InChI is InChI=1S/2C11H18O4.Mg/c2*1-10(2,3)7(12)6-8(13)11(4,5)9(14)15;/h2*6H2,1-5H3,(H,14,15);/q;;+2/p-2. The molecule has 0 aromatic rings. The molecule has 0 aliphatic heterocycles. The van der Waals surface area contributed by atoms with Crippen molar-refractivity contribution in [3.8, 4) is 0 Å². The van der Waals surface area contributed by atoms with Crippen LogP contribution in [0, 0.1) is 21.7 Å². The Labute approximate surface area is 200 Å². The quantitative estimate of drug-likeness (QED) is 0.378. The van der Waals surface area contributed by atoms with E-state index in [1.165, 1.54) is 27.7 Å². The molecule has 0 aliphatic carbocycles. The fourth-order valence-corrected chi connectivity index (χ4v) is 1.49. The molecule has 0 fully saturated rings. The smallest absolute Gasteiger partial charge is 0.549 e. The van der Waals surface area contributed by atoms with Crippen LogP contribution in [0.4, 0.5) is 0 Å². The number of Topliss-reactive ketones (excluding diaryl/α,β-unsaturated/α-hetero) is 4. The summed E-state index contributed by atoms with van der Waals surface area (Å²) < 4.78 is 0. The zero-order chi connectivity index (χ0) is 24.9. The number of rotatable bonds is 8. The van der Waals surface area contributed by atoms with Gasteiger partial charge in [-0.1, -0.05) is 41.5 Å². The van der Waals surface area contributed by atoms with Gasteiger partial charge in [-0.3, -0.25) is 19.2 Å². The minimum Gasteiger partial charge on any atom is -0.549 e. The molecule has 0 heterocycles. The number of carbonyl (C=O) groups is 6. The summed E-state index contributed by atoms with van der Waals surface area (Å²) in [5.41, 5.74) is -4.45. The van der Waals surface area contributed by atoms with E-state index < -0.39 is 45.2 Å². The maximum absolute atomic E-state index is 11.5. The van der Waals surface area contributed by atoms with Gasteiger partial charge >= 0.3 is 23.1 Å². The summed E-state index contributed by atoms with van der Waals surface area (Å²) in [6.07, 6.45) is -0.713. The zero-order valence-electron chi connectivity index (χ0n) is 20.4. The molecule has 31 heavy (non-hydrogen) atoms. The molecule has 0 saturated carbocycles. The summed E-state index contributed by atoms with van der Waals surface area (Å²) in [6, 6.07) is 0. The fraction of sp³-hybridized carbons (Fsp3) is 0.727. The molecule has 0 aromatic carbocycles. The van der Waals surface area contributed by atoms with Gasteiger partial charge in [0.2, 0.25) is 0 Å². The Balaban J connectivity index is -0.000000490. The fourth-order valence-electron chi connectivity index (χ4n) is 1.49. The van der Waals surface area contributed by atoms with Crippen LogP contribution in [0.2, 0.25) is 0 Å². The van der Waals surface area contributed by atoms with E-state index in [0.29, 0.717) is 0 Å². The van der Waals surface area contributed by atoms with Crippen molar-refractivity contribution in [2.24, 2.45) is 21.7 Å². The maximum atomic E-state index is 11.5. The first-order chi connectivity index (χ1) is 13.0. The van der Waals surface area contributed by atoms with Crippen LogP contribution in [-0.2, 0) is 28.8 Å². The van der Waals surface area contributed by atoms with E-state index in [4.69, 9.17) is 0 Å². The number of aliphatic carboxylic acids is 2. The van der Waals surface area contributed by atoms with Crippen LogP contribution >= 0.6 is 0 Å². The topological polar surface area (TPSA) is 149 Å². The van der Waals surface area contributed by atoms with Crippen LogP contribution in [0.15, 0.2) is 0 Å². The van der Waals surface area contributed by atoms with Gasteiger partial charge in [-0.2, -0.15) is 0 Å². The van der Waals surface area contributed by atoms with Crippen molar-refractivity contribution in [2.75, 3.05) is 0 Å². The molecule has 172 valence electrons. The number of hydrogen-bond acceptors (Lipinski definition) is 8. The van der Waals surface area contributed by atoms with Gasteiger partial charge in [-0.05, 0) is 27.7 Å². The molecule has 0 radical (unpaired) electrons. The van der Waals surface area contributed by atoms with E-state index in [0.717, 1.165) is 0 Å². The van der Waals surface area contributed by atoms with Crippen LogP contribution in [0.5, 0.6) is 0 Å². The Morgan fingerprint density at radius 3 is 0.806 bits per heavy atom. The Bertz CT molecular complexity index is 657. The molecule has 0 spiro atoms. The maximum Gasteiger partial charge on any atom is 2.00 e. The van der Waals surface area contributed by atoms with Gasteiger partial charge in [-0.25, -0.2) is 0 Å². The Morgan fingerprint density at radius 2 is 0.677 bits per heavy atom. The molecule has 0 rings (SSSR count). The normalized spacial score (nSPS) is 11.9. The molecule has 0 saturated heterocycles. The first-order valence-corrected chi connectivity index (χ1v) is 9.55. The average molecular weight is 451 g/mol. The van der Waals surface area contributed by atoms with Crippen molar-refractivity contribution >= 4 is 58.1 Å². The number of hydrogen-bond donors (Lipinski definition) is 0. The van der Waals surface area contributed by atoms with Gasteiger partial charge in [0.15, 0.2) is 11.6 Å². The first kappa shape index (κ1) is 34.0. The third kappa shape index (κ3) is 11.0. The molecule has 0 aliphatic rings. The van der Waals surface area contributed by atoms with Crippen LogP contribution < -0.4 is 10.2 Å². The zero-order valence-corrected chi connectivity index (χ0v) is 21.8. The summed E-state index contributed by atoms with van der Waals surface area (Å²) in [5, 5.41) is 21.3. The predicted molar refractivity (Wildman–Crippen MR) is 112 cm³/mol. The summed E-state index contributed by atoms with van der Waals surface area (Å²) in [5.74, 6) is -4.64. The Hall–Kier alpha value is -1.61. The number of carbonyl (C=O) groups excluding carboxylic acids is 6. The Kier molecular flexibility index (Phi) is 13.0. The third-order valence-electron chi connectivity index (χ3n) is 4.73. The van der Waals surface area contributed by atoms with Gasteiger partial charge in [0.05, 0.1) is 35.6 Å². The molecule has 0 aromatic heterocycles. The van der Waals surface area contributed by atoms with E-state index >= 15 is 0 Å². The number of carboxylic acids is 2. The number of carboxylic acid groups (broad SMARTS) is 2.